The number of ether oxygens (including phenoxy) is 1. The molecule has 0 saturated carbocycles. The maximum Gasteiger partial charge on any atom is 0.133 e. The van der Waals surface area contributed by atoms with E-state index in [1.165, 1.54) is 18.2 Å². The summed E-state index contributed by atoms with van der Waals surface area (Å²) in [4.78, 5) is 0. The summed E-state index contributed by atoms with van der Waals surface area (Å²) < 4.78 is 18.9. The van der Waals surface area contributed by atoms with Crippen molar-refractivity contribution < 1.29 is 14.2 Å². The van der Waals surface area contributed by atoms with E-state index in [1.54, 1.807) is 0 Å². The fourth-order valence-electron chi connectivity index (χ4n) is 2.13. The van der Waals surface area contributed by atoms with Crippen LogP contribution in [0.15, 0.2) is 60.7 Å². The predicted molar refractivity (Wildman–Crippen MR) is 76.3 cm³/mol. The molecule has 0 amide bonds. The number of fused-ring (bicyclic) bond motifs is 1. The first kappa shape index (κ1) is 12.6. The molecule has 0 aromatic heterocycles. The van der Waals surface area contributed by atoms with E-state index in [0.29, 0.717) is 17.1 Å². The van der Waals surface area contributed by atoms with E-state index < -0.39 is 0 Å². The van der Waals surface area contributed by atoms with Gasteiger partial charge in [0.25, 0.3) is 0 Å². The Morgan fingerprint density at radius 3 is 2.50 bits per heavy atom. The lowest BCUT2D eigenvalue weighted by Crippen LogP contribution is -1.93. The van der Waals surface area contributed by atoms with Crippen LogP contribution in [0.3, 0.4) is 0 Å². The molecule has 3 rings (SSSR count). The molecule has 2 nitrogen and oxygen atoms in total. The van der Waals surface area contributed by atoms with Crippen LogP contribution in [0.25, 0.3) is 10.8 Å². The zero-order valence-corrected chi connectivity index (χ0v) is 10.7. The SMILES string of the molecule is OCc1cc(F)ccc1Oc1ccc2ccccc2c1. The molecule has 3 aromatic rings. The Hall–Kier alpha value is -2.39. The monoisotopic (exact) mass is 268 g/mol. The summed E-state index contributed by atoms with van der Waals surface area (Å²) in [6.45, 7) is -0.263. The standard InChI is InChI=1S/C17H13FO2/c18-15-6-8-17(14(9-15)11-19)20-16-7-5-12-3-1-2-4-13(12)10-16/h1-10,19H,11H2. The third kappa shape index (κ3) is 2.49. The van der Waals surface area contributed by atoms with E-state index >= 15 is 0 Å². The lowest BCUT2D eigenvalue weighted by atomic mass is 10.1. The first-order chi connectivity index (χ1) is 9.76. The van der Waals surface area contributed by atoms with Gasteiger partial charge in [0.1, 0.15) is 17.3 Å². The van der Waals surface area contributed by atoms with Crippen molar-refractivity contribution >= 4 is 10.8 Å². The van der Waals surface area contributed by atoms with Crippen molar-refractivity contribution in [1.82, 2.24) is 0 Å². The summed E-state index contributed by atoms with van der Waals surface area (Å²) in [6, 6.07) is 17.8. The van der Waals surface area contributed by atoms with Crippen molar-refractivity contribution in [2.75, 3.05) is 0 Å². The molecule has 100 valence electrons. The van der Waals surface area contributed by atoms with Crippen molar-refractivity contribution in [2.24, 2.45) is 0 Å². The van der Waals surface area contributed by atoms with Crippen molar-refractivity contribution in [3.05, 3.63) is 72.0 Å². The minimum atomic E-state index is -0.389. The Morgan fingerprint density at radius 2 is 1.70 bits per heavy atom. The maximum absolute atomic E-state index is 13.1. The van der Waals surface area contributed by atoms with Crippen LogP contribution in [-0.4, -0.2) is 5.11 Å². The maximum atomic E-state index is 13.1. The molecule has 0 aliphatic heterocycles. The molecular weight excluding hydrogens is 255 g/mol. The number of aliphatic hydroxyl groups is 1. The molecular formula is C17H13FO2. The molecule has 0 spiro atoms. The van der Waals surface area contributed by atoms with E-state index in [1.807, 2.05) is 42.5 Å². The van der Waals surface area contributed by atoms with Crippen LogP contribution in [0.1, 0.15) is 5.56 Å². The van der Waals surface area contributed by atoms with Crippen LogP contribution in [0.4, 0.5) is 4.39 Å². The van der Waals surface area contributed by atoms with E-state index in [0.717, 1.165) is 10.8 Å². The molecule has 0 atom stereocenters. The van der Waals surface area contributed by atoms with Gasteiger partial charge in [-0.15, -0.1) is 0 Å². The first-order valence-electron chi connectivity index (χ1n) is 6.32. The number of aliphatic hydroxyl groups excluding tert-OH is 1. The van der Waals surface area contributed by atoms with E-state index in [4.69, 9.17) is 4.74 Å². The van der Waals surface area contributed by atoms with Crippen LogP contribution in [-0.2, 0) is 6.61 Å². The van der Waals surface area contributed by atoms with Gasteiger partial charge in [-0.3, -0.25) is 0 Å². The molecule has 1 N–H and O–H groups in total. The summed E-state index contributed by atoms with van der Waals surface area (Å²) in [5.74, 6) is 0.731. The Bertz CT molecular complexity index is 753. The second-order valence-corrected chi connectivity index (χ2v) is 4.52. The average molecular weight is 268 g/mol. The zero-order chi connectivity index (χ0) is 13.9. The van der Waals surface area contributed by atoms with E-state index in [9.17, 15) is 9.50 Å². The highest BCUT2D eigenvalue weighted by atomic mass is 19.1. The quantitative estimate of drug-likeness (QED) is 0.769. The molecule has 0 bridgehead atoms. The summed E-state index contributed by atoms with van der Waals surface area (Å²) in [6.07, 6.45) is 0. The Kier molecular flexibility index (Phi) is 3.35. The van der Waals surface area contributed by atoms with Crippen molar-refractivity contribution in [3.63, 3.8) is 0 Å². The average Bonchev–Trinajstić information content (AvgIpc) is 2.49. The van der Waals surface area contributed by atoms with Gasteiger partial charge in [-0.1, -0.05) is 30.3 Å². The Labute approximate surface area is 116 Å². The lowest BCUT2D eigenvalue weighted by Gasteiger charge is -2.10. The Balaban J connectivity index is 1.96. The molecule has 0 unspecified atom stereocenters. The van der Waals surface area contributed by atoms with Gasteiger partial charge < -0.3 is 9.84 Å². The largest absolute Gasteiger partial charge is 0.457 e. The summed E-state index contributed by atoms with van der Waals surface area (Å²) in [7, 11) is 0. The Morgan fingerprint density at radius 1 is 0.900 bits per heavy atom. The third-order valence-electron chi connectivity index (χ3n) is 3.14. The molecule has 3 heteroatoms. The van der Waals surface area contributed by atoms with Crippen LogP contribution in [0.5, 0.6) is 11.5 Å². The van der Waals surface area contributed by atoms with Crippen LogP contribution >= 0.6 is 0 Å². The van der Waals surface area contributed by atoms with Crippen LogP contribution in [0.2, 0.25) is 0 Å². The smallest absolute Gasteiger partial charge is 0.133 e. The molecule has 0 aliphatic rings. The van der Waals surface area contributed by atoms with Gasteiger partial charge in [0.15, 0.2) is 0 Å². The fourth-order valence-corrected chi connectivity index (χ4v) is 2.13. The van der Waals surface area contributed by atoms with E-state index in [-0.39, 0.29) is 12.4 Å². The highest BCUT2D eigenvalue weighted by molar-refractivity contribution is 5.83. The van der Waals surface area contributed by atoms with Crippen LogP contribution < -0.4 is 4.74 Å². The molecule has 0 radical (unpaired) electrons. The topological polar surface area (TPSA) is 29.5 Å². The minimum absolute atomic E-state index is 0.263. The molecule has 3 aromatic carbocycles. The van der Waals surface area contributed by atoms with Crippen LogP contribution in [0, 0.1) is 5.82 Å². The van der Waals surface area contributed by atoms with Gasteiger partial charge in [0.2, 0.25) is 0 Å². The highest BCUT2D eigenvalue weighted by Crippen LogP contribution is 2.28. The third-order valence-corrected chi connectivity index (χ3v) is 3.14. The minimum Gasteiger partial charge on any atom is -0.457 e. The van der Waals surface area contributed by atoms with Gasteiger partial charge in [0, 0.05) is 5.56 Å². The first-order valence-corrected chi connectivity index (χ1v) is 6.32. The molecule has 0 heterocycles. The molecule has 0 fully saturated rings. The van der Waals surface area contributed by atoms with Gasteiger partial charge >= 0.3 is 0 Å². The molecule has 0 saturated heterocycles. The summed E-state index contributed by atoms with van der Waals surface area (Å²) in [5.41, 5.74) is 0.429. The summed E-state index contributed by atoms with van der Waals surface area (Å²) >= 11 is 0. The van der Waals surface area contributed by atoms with Crippen molar-refractivity contribution in [2.45, 2.75) is 6.61 Å². The highest BCUT2D eigenvalue weighted by Gasteiger charge is 2.06. The van der Waals surface area contributed by atoms with Crippen molar-refractivity contribution in [3.8, 4) is 11.5 Å². The number of halogens is 1. The van der Waals surface area contributed by atoms with Gasteiger partial charge in [-0.2, -0.15) is 0 Å². The number of hydrogen-bond acceptors (Lipinski definition) is 2. The van der Waals surface area contributed by atoms with Gasteiger partial charge in [-0.05, 0) is 41.1 Å². The molecule has 0 aliphatic carbocycles. The van der Waals surface area contributed by atoms with Gasteiger partial charge in [0.05, 0.1) is 6.61 Å². The number of benzene rings is 3. The fraction of sp³-hybridized carbons (Fsp3) is 0.0588. The molecule has 20 heavy (non-hydrogen) atoms. The number of rotatable bonds is 3. The zero-order valence-electron chi connectivity index (χ0n) is 10.7. The summed E-state index contributed by atoms with van der Waals surface area (Å²) in [5, 5.41) is 11.4. The number of hydrogen-bond donors (Lipinski definition) is 1. The second kappa shape index (κ2) is 5.31. The van der Waals surface area contributed by atoms with E-state index in [2.05, 4.69) is 0 Å². The normalized spacial score (nSPS) is 10.7. The predicted octanol–water partition coefficient (Wildman–Crippen LogP) is 4.26. The van der Waals surface area contributed by atoms with Crippen molar-refractivity contribution in [1.29, 1.82) is 0 Å². The van der Waals surface area contributed by atoms with Gasteiger partial charge in [-0.25, -0.2) is 4.39 Å². The second-order valence-electron chi connectivity index (χ2n) is 4.52. The lowest BCUT2D eigenvalue weighted by molar-refractivity contribution is 0.276.